The molecule has 0 radical (unpaired) electrons. The predicted molar refractivity (Wildman–Crippen MR) is 356 cm³/mol. The van der Waals surface area contributed by atoms with Crippen LogP contribution in [0.1, 0.15) is 0 Å². The first-order valence-electron chi connectivity index (χ1n) is 28.4. The van der Waals surface area contributed by atoms with Gasteiger partial charge in [-0.05, 0) is 162 Å². The van der Waals surface area contributed by atoms with E-state index in [0.29, 0.717) is 0 Å². The van der Waals surface area contributed by atoms with Crippen molar-refractivity contribution in [2.24, 2.45) is 0 Å². The fourth-order valence-corrected chi connectivity index (χ4v) is 11.0. The van der Waals surface area contributed by atoms with Crippen LogP contribution in [-0.2, 0) is 0 Å². The minimum absolute atomic E-state index is 0.915. The van der Waals surface area contributed by atoms with Crippen LogP contribution in [0.15, 0.2) is 346 Å². The van der Waals surface area contributed by atoms with Gasteiger partial charge in [0.2, 0.25) is 0 Å². The van der Waals surface area contributed by atoms with E-state index in [4.69, 9.17) is 0 Å². The second-order valence-corrected chi connectivity index (χ2v) is 20.5. The predicted octanol–water partition coefficient (Wildman–Crippen LogP) is 22.3. The second-order valence-electron chi connectivity index (χ2n) is 20.5. The highest BCUT2D eigenvalue weighted by Crippen LogP contribution is 2.42. The van der Waals surface area contributed by atoms with Crippen molar-refractivity contribution in [1.29, 1.82) is 0 Å². The molecule has 0 aromatic heterocycles. The van der Waals surface area contributed by atoms with Gasteiger partial charge in [-0.2, -0.15) is 0 Å². The summed E-state index contributed by atoms with van der Waals surface area (Å²) < 4.78 is 0. The molecule has 0 saturated carbocycles. The summed E-state index contributed by atoms with van der Waals surface area (Å²) in [6, 6.07) is 122. The summed E-state index contributed by atoms with van der Waals surface area (Å²) in [6.45, 7) is 0. The fraction of sp³-hybridized carbons (Fsp3) is 0. The smallest absolute Gasteiger partial charge is 0.0463 e. The standard InChI is InChI=1S/C78H60N6/c1-7-25-64(26-8-1)82(65-27-9-2-10-28-65)70-49-43-58(44-50-70)73-37-19-22-40-76(73)79-61-55-62(80-77-41-23-20-38-74(77)59-45-51-71(52-46-59)83(66-29-11-3-12-30-66)67-31-13-4-14-32-67)57-63(56-61)81-78-42-24-21-39-75(78)60-47-53-72(54-48-60)84(68-33-15-5-16-34-68)69-35-17-6-18-36-69/h1-57,79-81H. The van der Waals surface area contributed by atoms with Crippen molar-refractivity contribution >= 4 is 85.3 Å². The van der Waals surface area contributed by atoms with E-state index in [1.807, 2.05) is 0 Å². The van der Waals surface area contributed by atoms with Gasteiger partial charge in [0.1, 0.15) is 0 Å². The van der Waals surface area contributed by atoms with E-state index in [1.54, 1.807) is 0 Å². The van der Waals surface area contributed by atoms with Gasteiger partial charge in [0.25, 0.3) is 0 Å². The fourth-order valence-electron chi connectivity index (χ4n) is 11.0. The lowest BCUT2D eigenvalue weighted by molar-refractivity contribution is 1.28. The molecule has 0 aliphatic rings. The summed E-state index contributed by atoms with van der Waals surface area (Å²) in [5.41, 5.74) is 22.1. The summed E-state index contributed by atoms with van der Waals surface area (Å²) in [7, 11) is 0. The Morgan fingerprint density at radius 1 is 0.167 bits per heavy atom. The Labute approximate surface area is 492 Å². The second kappa shape index (κ2) is 24.6. The molecule has 0 spiro atoms. The van der Waals surface area contributed by atoms with E-state index in [9.17, 15) is 0 Å². The third-order valence-corrected chi connectivity index (χ3v) is 14.9. The molecule has 0 amide bonds. The molecule has 0 bridgehead atoms. The average molecular weight is 1080 g/mol. The quantitative estimate of drug-likeness (QED) is 0.0796. The number of rotatable bonds is 18. The SMILES string of the molecule is c1ccc(N(c2ccccc2)c2ccc(-c3ccccc3Nc3cc(Nc4ccccc4-c4ccc(N(c5ccccc5)c5ccccc5)cc4)cc(Nc4ccccc4-c4ccc(N(c5ccccc5)c5ccccc5)cc4)c3)cc2)cc1. The molecule has 13 aromatic rings. The number of nitrogens with zero attached hydrogens (tertiary/aromatic N) is 3. The molecule has 0 aliphatic heterocycles. The zero-order valence-corrected chi connectivity index (χ0v) is 46.3. The maximum Gasteiger partial charge on any atom is 0.0463 e. The highest BCUT2D eigenvalue weighted by atomic mass is 15.2. The van der Waals surface area contributed by atoms with E-state index >= 15 is 0 Å². The van der Waals surface area contributed by atoms with Crippen LogP contribution in [0.3, 0.4) is 0 Å². The van der Waals surface area contributed by atoms with Gasteiger partial charge in [0.05, 0.1) is 0 Å². The van der Waals surface area contributed by atoms with Crippen LogP contribution in [0.2, 0.25) is 0 Å². The Morgan fingerprint density at radius 2 is 0.345 bits per heavy atom. The molecule has 0 fully saturated rings. The normalized spacial score (nSPS) is 10.9. The monoisotopic (exact) mass is 1080 g/mol. The first-order chi connectivity index (χ1) is 41.6. The third-order valence-electron chi connectivity index (χ3n) is 14.9. The first kappa shape index (κ1) is 52.1. The van der Waals surface area contributed by atoms with Crippen LogP contribution in [0.4, 0.5) is 85.3 Å². The molecular weight excluding hydrogens is 1020 g/mol. The van der Waals surface area contributed by atoms with Gasteiger partial charge < -0.3 is 30.7 Å². The summed E-state index contributed by atoms with van der Waals surface area (Å²) in [6.07, 6.45) is 0. The van der Waals surface area contributed by atoms with Crippen molar-refractivity contribution in [3.63, 3.8) is 0 Å². The summed E-state index contributed by atoms with van der Waals surface area (Å²) in [5, 5.41) is 11.7. The molecule has 0 atom stereocenters. The number of anilines is 15. The van der Waals surface area contributed by atoms with Crippen LogP contribution in [0.5, 0.6) is 0 Å². The van der Waals surface area contributed by atoms with Crippen LogP contribution in [0.25, 0.3) is 33.4 Å². The molecule has 0 aliphatic carbocycles. The minimum Gasteiger partial charge on any atom is -0.355 e. The zero-order chi connectivity index (χ0) is 56.3. The molecule has 0 unspecified atom stereocenters. The van der Waals surface area contributed by atoms with Crippen LogP contribution in [-0.4, -0.2) is 0 Å². The Bertz CT molecular complexity index is 3670. The average Bonchev–Trinajstić information content (AvgIpc) is 3.73. The molecule has 0 saturated heterocycles. The number of benzene rings is 13. The van der Waals surface area contributed by atoms with Gasteiger partial charge in [0, 0.05) is 102 Å². The van der Waals surface area contributed by atoms with Crippen LogP contribution in [0, 0.1) is 0 Å². The minimum atomic E-state index is 0.915. The summed E-state index contributed by atoms with van der Waals surface area (Å²) in [5.74, 6) is 0. The molecule has 6 heteroatoms. The van der Waals surface area contributed by atoms with Crippen LogP contribution < -0.4 is 30.7 Å². The molecule has 6 nitrogen and oxygen atoms in total. The van der Waals surface area contributed by atoms with Crippen molar-refractivity contribution in [2.45, 2.75) is 0 Å². The lowest BCUT2D eigenvalue weighted by Gasteiger charge is -2.25. The van der Waals surface area contributed by atoms with Gasteiger partial charge in [0.15, 0.2) is 0 Å². The zero-order valence-electron chi connectivity index (χ0n) is 46.3. The van der Waals surface area contributed by atoms with E-state index in [-0.39, 0.29) is 0 Å². The first-order valence-corrected chi connectivity index (χ1v) is 28.4. The maximum atomic E-state index is 3.89. The number of hydrogen-bond acceptors (Lipinski definition) is 6. The molecule has 3 N–H and O–H groups in total. The van der Waals surface area contributed by atoms with Crippen LogP contribution >= 0.6 is 0 Å². The number of para-hydroxylation sites is 9. The Morgan fingerprint density at radius 3 is 0.560 bits per heavy atom. The van der Waals surface area contributed by atoms with Gasteiger partial charge in [-0.1, -0.05) is 200 Å². The van der Waals surface area contributed by atoms with Crippen molar-refractivity contribution in [1.82, 2.24) is 0 Å². The maximum absolute atomic E-state index is 3.89. The molecule has 13 aromatic carbocycles. The molecule has 0 heterocycles. The Balaban J connectivity index is 0.845. The number of hydrogen-bond donors (Lipinski definition) is 3. The number of nitrogens with one attached hydrogen (secondary N) is 3. The Hall–Kier alpha value is -11.3. The van der Waals surface area contributed by atoms with Gasteiger partial charge in [-0.15, -0.1) is 0 Å². The van der Waals surface area contributed by atoms with Crippen molar-refractivity contribution in [3.05, 3.63) is 346 Å². The van der Waals surface area contributed by atoms with E-state index in [2.05, 4.69) is 376 Å². The highest BCUT2D eigenvalue weighted by molar-refractivity contribution is 5.90. The van der Waals surface area contributed by atoms with Gasteiger partial charge >= 0.3 is 0 Å². The molecule has 13 rings (SSSR count). The Kier molecular flexibility index (Phi) is 15.2. The molecular formula is C78H60N6. The van der Waals surface area contributed by atoms with E-state index in [1.165, 1.54) is 0 Å². The lowest BCUT2D eigenvalue weighted by atomic mass is 10.0. The highest BCUT2D eigenvalue weighted by Gasteiger charge is 2.18. The van der Waals surface area contributed by atoms with Gasteiger partial charge in [-0.25, -0.2) is 0 Å². The van der Waals surface area contributed by atoms with Crippen molar-refractivity contribution in [2.75, 3.05) is 30.7 Å². The summed E-state index contributed by atoms with van der Waals surface area (Å²) >= 11 is 0. The van der Waals surface area contributed by atoms with Crippen molar-refractivity contribution < 1.29 is 0 Å². The van der Waals surface area contributed by atoms with Gasteiger partial charge in [-0.3, -0.25) is 0 Å². The third kappa shape index (κ3) is 11.6. The molecule has 84 heavy (non-hydrogen) atoms. The molecule has 402 valence electrons. The summed E-state index contributed by atoms with van der Waals surface area (Å²) in [4.78, 5) is 6.87. The van der Waals surface area contributed by atoms with E-state index < -0.39 is 0 Å². The van der Waals surface area contributed by atoms with E-state index in [0.717, 1.165) is 119 Å². The topological polar surface area (TPSA) is 45.8 Å². The van der Waals surface area contributed by atoms with Crippen molar-refractivity contribution in [3.8, 4) is 33.4 Å². The lowest BCUT2D eigenvalue weighted by Crippen LogP contribution is -2.09. The largest absolute Gasteiger partial charge is 0.355 e.